The lowest BCUT2D eigenvalue weighted by Gasteiger charge is -2.20. The van der Waals surface area contributed by atoms with Crippen LogP contribution >= 0.6 is 0 Å². The van der Waals surface area contributed by atoms with Crippen molar-refractivity contribution in [3.63, 3.8) is 0 Å². The first-order chi connectivity index (χ1) is 9.26. The molecule has 0 saturated heterocycles. The van der Waals surface area contributed by atoms with Gasteiger partial charge in [-0.25, -0.2) is 4.68 Å². The Bertz CT molecular complexity index is 492. The predicted octanol–water partition coefficient (Wildman–Crippen LogP) is 2.96. The summed E-state index contributed by atoms with van der Waals surface area (Å²) in [5.41, 5.74) is 2.17. The molecule has 1 aromatic heterocycles. The summed E-state index contributed by atoms with van der Waals surface area (Å²) in [4.78, 5) is 0. The predicted molar refractivity (Wildman–Crippen MR) is 77.2 cm³/mol. The summed E-state index contributed by atoms with van der Waals surface area (Å²) in [5.74, 6) is 0.677. The van der Waals surface area contributed by atoms with Crippen molar-refractivity contribution in [2.24, 2.45) is 5.92 Å². The summed E-state index contributed by atoms with van der Waals surface area (Å²) >= 11 is 0. The van der Waals surface area contributed by atoms with Crippen LogP contribution in [0.15, 0.2) is 36.5 Å². The minimum absolute atomic E-state index is 0.283. The highest BCUT2D eigenvalue weighted by Gasteiger charge is 2.18. The Morgan fingerprint density at radius 1 is 1.26 bits per heavy atom. The topological polar surface area (TPSA) is 42.7 Å². The van der Waals surface area contributed by atoms with E-state index in [0.29, 0.717) is 5.92 Å². The van der Waals surface area contributed by atoms with Crippen LogP contribution in [-0.2, 0) is 0 Å². The fourth-order valence-electron chi connectivity index (χ4n) is 2.21. The molecule has 4 heteroatoms. The molecular formula is C15H22N4. The van der Waals surface area contributed by atoms with Gasteiger partial charge in [0.05, 0.1) is 23.6 Å². The Morgan fingerprint density at radius 3 is 2.63 bits per heavy atom. The smallest absolute Gasteiger partial charge is 0.0815 e. The first-order valence-corrected chi connectivity index (χ1v) is 6.89. The minimum atomic E-state index is 0.283. The second-order valence-electron chi connectivity index (χ2n) is 5.00. The molecule has 0 saturated carbocycles. The maximum atomic E-state index is 4.22. The lowest BCUT2D eigenvalue weighted by atomic mass is 9.97. The molecule has 2 rings (SSSR count). The Kier molecular flexibility index (Phi) is 4.68. The lowest BCUT2D eigenvalue weighted by Crippen LogP contribution is -2.22. The zero-order valence-electron chi connectivity index (χ0n) is 11.9. The third-order valence-corrected chi connectivity index (χ3v) is 3.62. The molecule has 0 fully saturated rings. The van der Waals surface area contributed by atoms with Crippen LogP contribution in [0, 0.1) is 5.92 Å². The molecule has 1 heterocycles. The first-order valence-electron chi connectivity index (χ1n) is 6.89. The fourth-order valence-corrected chi connectivity index (χ4v) is 2.21. The van der Waals surface area contributed by atoms with Crippen molar-refractivity contribution < 1.29 is 0 Å². The van der Waals surface area contributed by atoms with E-state index >= 15 is 0 Å². The number of nitrogens with zero attached hydrogens (tertiary/aromatic N) is 3. The van der Waals surface area contributed by atoms with E-state index in [4.69, 9.17) is 0 Å². The first kappa shape index (κ1) is 13.7. The van der Waals surface area contributed by atoms with Gasteiger partial charge in [-0.3, -0.25) is 0 Å². The summed E-state index contributed by atoms with van der Waals surface area (Å²) in [7, 11) is 2.00. The van der Waals surface area contributed by atoms with Crippen LogP contribution in [-0.4, -0.2) is 22.0 Å². The Hall–Kier alpha value is -1.68. The molecule has 102 valence electrons. The molecule has 0 radical (unpaired) electrons. The van der Waals surface area contributed by atoms with Crippen molar-refractivity contribution in [3.8, 4) is 5.69 Å². The Balaban J connectivity index is 2.27. The van der Waals surface area contributed by atoms with Gasteiger partial charge in [0, 0.05) is 0 Å². The lowest BCUT2D eigenvalue weighted by molar-refractivity contribution is 0.410. The van der Waals surface area contributed by atoms with Crippen LogP contribution in [0.1, 0.15) is 38.4 Å². The third kappa shape index (κ3) is 3.20. The molecule has 0 spiro atoms. The van der Waals surface area contributed by atoms with E-state index in [0.717, 1.165) is 17.8 Å². The van der Waals surface area contributed by atoms with Gasteiger partial charge < -0.3 is 5.32 Å². The highest BCUT2D eigenvalue weighted by molar-refractivity contribution is 5.32. The summed E-state index contributed by atoms with van der Waals surface area (Å²) in [6, 6.07) is 10.4. The van der Waals surface area contributed by atoms with Gasteiger partial charge in [0.25, 0.3) is 0 Å². The molecule has 4 nitrogen and oxygen atoms in total. The second-order valence-corrected chi connectivity index (χ2v) is 5.00. The fraction of sp³-hybridized carbons (Fsp3) is 0.467. The van der Waals surface area contributed by atoms with E-state index in [1.165, 1.54) is 6.42 Å². The molecule has 0 aliphatic heterocycles. The van der Waals surface area contributed by atoms with Gasteiger partial charge in [0.2, 0.25) is 0 Å². The zero-order chi connectivity index (χ0) is 13.7. The molecule has 2 atom stereocenters. The third-order valence-electron chi connectivity index (χ3n) is 3.62. The van der Waals surface area contributed by atoms with Crippen molar-refractivity contribution in [1.82, 2.24) is 20.3 Å². The largest absolute Gasteiger partial charge is 0.312 e. The Labute approximate surface area is 114 Å². The average molecular weight is 258 g/mol. The van der Waals surface area contributed by atoms with Crippen molar-refractivity contribution in [2.75, 3.05) is 7.05 Å². The number of nitrogens with one attached hydrogen (secondary N) is 1. The monoisotopic (exact) mass is 258 g/mol. The van der Waals surface area contributed by atoms with Gasteiger partial charge in [-0.1, -0.05) is 43.7 Å². The van der Waals surface area contributed by atoms with Gasteiger partial charge >= 0.3 is 0 Å². The van der Waals surface area contributed by atoms with Crippen molar-refractivity contribution in [3.05, 3.63) is 42.2 Å². The van der Waals surface area contributed by atoms with Crippen LogP contribution < -0.4 is 5.32 Å². The summed E-state index contributed by atoms with van der Waals surface area (Å²) in [6.07, 6.45) is 4.13. The van der Waals surface area contributed by atoms with Gasteiger partial charge in [0.1, 0.15) is 0 Å². The summed E-state index contributed by atoms with van der Waals surface area (Å²) < 4.78 is 1.92. The molecule has 2 unspecified atom stereocenters. The normalized spacial score (nSPS) is 14.3. The number of hydrogen-bond donors (Lipinski definition) is 1. The molecule has 0 bridgehead atoms. The second kappa shape index (κ2) is 6.48. The Morgan fingerprint density at radius 2 is 2.00 bits per heavy atom. The van der Waals surface area contributed by atoms with Crippen LogP contribution in [0.3, 0.4) is 0 Å². The number of hydrogen-bond acceptors (Lipinski definition) is 3. The van der Waals surface area contributed by atoms with Crippen LogP contribution in [0.4, 0.5) is 0 Å². The van der Waals surface area contributed by atoms with E-state index in [1.54, 1.807) is 0 Å². The molecule has 19 heavy (non-hydrogen) atoms. The zero-order valence-corrected chi connectivity index (χ0v) is 11.9. The van der Waals surface area contributed by atoms with E-state index < -0.39 is 0 Å². The molecule has 2 aromatic rings. The van der Waals surface area contributed by atoms with Crippen molar-refractivity contribution >= 4 is 0 Å². The van der Waals surface area contributed by atoms with Crippen LogP contribution in [0.2, 0.25) is 0 Å². The van der Waals surface area contributed by atoms with Gasteiger partial charge in [0.15, 0.2) is 0 Å². The van der Waals surface area contributed by atoms with Gasteiger partial charge in [-0.15, -0.1) is 5.10 Å². The molecular weight excluding hydrogens is 236 g/mol. The highest BCUT2D eigenvalue weighted by Crippen LogP contribution is 2.23. The molecule has 0 aliphatic carbocycles. The summed E-state index contributed by atoms with van der Waals surface area (Å²) in [5, 5.41) is 11.7. The number of benzene rings is 1. The van der Waals surface area contributed by atoms with Gasteiger partial charge in [-0.05, 0) is 31.5 Å². The van der Waals surface area contributed by atoms with Crippen LogP contribution in [0.25, 0.3) is 5.69 Å². The number of rotatable bonds is 6. The van der Waals surface area contributed by atoms with Crippen LogP contribution in [0.5, 0.6) is 0 Å². The minimum Gasteiger partial charge on any atom is -0.312 e. The summed E-state index contributed by atoms with van der Waals surface area (Å²) in [6.45, 7) is 4.51. The quantitative estimate of drug-likeness (QED) is 0.866. The van der Waals surface area contributed by atoms with E-state index in [-0.39, 0.29) is 6.04 Å². The van der Waals surface area contributed by atoms with E-state index in [9.17, 15) is 0 Å². The number of aromatic nitrogens is 3. The molecule has 0 aliphatic rings. The molecule has 1 aromatic carbocycles. The maximum Gasteiger partial charge on any atom is 0.0815 e. The average Bonchev–Trinajstić information content (AvgIpc) is 2.94. The van der Waals surface area contributed by atoms with E-state index in [2.05, 4.69) is 29.5 Å². The SMILES string of the molecule is CCC(C)CC(NC)c1cnnn1-c1ccccc1. The van der Waals surface area contributed by atoms with Crippen molar-refractivity contribution in [2.45, 2.75) is 32.7 Å². The number of para-hydroxylation sites is 1. The van der Waals surface area contributed by atoms with Gasteiger partial charge in [-0.2, -0.15) is 0 Å². The highest BCUT2D eigenvalue weighted by atomic mass is 15.4. The van der Waals surface area contributed by atoms with Crippen molar-refractivity contribution in [1.29, 1.82) is 0 Å². The standard InChI is InChI=1S/C15H22N4/c1-4-12(2)10-14(16-3)15-11-17-18-19(15)13-8-6-5-7-9-13/h5-9,11-12,14,16H,4,10H2,1-3H3. The molecule has 1 N–H and O–H groups in total. The maximum absolute atomic E-state index is 4.22. The molecule has 0 amide bonds. The van der Waals surface area contributed by atoms with E-state index in [1.807, 2.05) is 48.3 Å².